The first-order chi connectivity index (χ1) is 15.4. The molecule has 0 aromatic heterocycles. The summed E-state index contributed by atoms with van der Waals surface area (Å²) in [6, 6.07) is 32.8. The Morgan fingerprint density at radius 2 is 0.688 bits per heavy atom. The average molecular weight is 548 g/mol. The molecule has 0 aliphatic carbocycles. The normalized spacial score (nSPS) is 11.3. The summed E-state index contributed by atoms with van der Waals surface area (Å²) in [6.07, 6.45) is 0. The molecule has 2 heteroatoms. The van der Waals surface area contributed by atoms with Crippen LogP contribution in [0.3, 0.4) is 0 Å². The van der Waals surface area contributed by atoms with E-state index >= 15 is 0 Å². The van der Waals surface area contributed by atoms with Crippen molar-refractivity contribution in [1.82, 2.24) is 0 Å². The number of hydrogen-bond acceptors (Lipinski definition) is 0. The first-order valence-corrected chi connectivity index (χ1v) is 19.8. The van der Waals surface area contributed by atoms with Crippen molar-refractivity contribution in [3.63, 3.8) is 0 Å². The first kappa shape index (κ1) is 27.0. The molecule has 0 bridgehead atoms. The van der Waals surface area contributed by atoms with E-state index in [9.17, 15) is 0 Å². The zero-order chi connectivity index (χ0) is 23.3. The number of rotatable bonds is 9. The van der Waals surface area contributed by atoms with Crippen molar-refractivity contribution >= 4 is 41.9 Å². The zero-order valence-corrected chi connectivity index (χ0v) is 25.2. The molecule has 3 aromatic rings. The molecule has 0 unspecified atom stereocenters. The second kappa shape index (κ2) is 14.8. The van der Waals surface area contributed by atoms with Gasteiger partial charge in [0.1, 0.15) is 0 Å². The molecule has 0 fully saturated rings. The fraction of sp³-hybridized carbons (Fsp3) is 0.400. The van der Waals surface area contributed by atoms with Gasteiger partial charge in [0.25, 0.3) is 0 Å². The molecule has 0 spiro atoms. The quantitative estimate of drug-likeness (QED) is 0.263. The van der Waals surface area contributed by atoms with Crippen LogP contribution in [0.1, 0.15) is 41.5 Å². The predicted molar refractivity (Wildman–Crippen MR) is 149 cm³/mol. The van der Waals surface area contributed by atoms with Crippen molar-refractivity contribution in [2.24, 2.45) is 17.8 Å². The molecule has 0 N–H and O–H groups in total. The molecule has 0 amide bonds. The van der Waals surface area contributed by atoms with Gasteiger partial charge in [-0.25, -0.2) is 0 Å². The maximum absolute atomic E-state index is 2.38. The van der Waals surface area contributed by atoms with Crippen molar-refractivity contribution in [3.8, 4) is 0 Å². The molecule has 0 aliphatic heterocycles. The van der Waals surface area contributed by atoms with Crippen LogP contribution < -0.4 is 13.2 Å². The van der Waals surface area contributed by atoms with Crippen LogP contribution in [-0.4, -0.2) is 28.7 Å². The Kier molecular flexibility index (Phi) is 12.5. The second-order valence-corrected chi connectivity index (χ2v) is 20.9. The zero-order valence-electron chi connectivity index (χ0n) is 21.0. The standard InChI is InChI=1S/C18H15Ge.C12H27Ge/c1-4-10-16(11-5-1)19(17-12-6-2-7-13-17)18-14-8-3-9-15-18;1-10(2)7-13(8-11(3)4)9-12(5)6/h1-15H;10-12H,7-9H2,1-6H3. The Labute approximate surface area is 207 Å². The number of benzene rings is 3. The maximum atomic E-state index is 2.38. The van der Waals surface area contributed by atoms with Gasteiger partial charge in [-0.1, -0.05) is 0 Å². The van der Waals surface area contributed by atoms with Gasteiger partial charge in [0.15, 0.2) is 0 Å². The summed E-state index contributed by atoms with van der Waals surface area (Å²) in [5.74, 6) is 2.81. The Morgan fingerprint density at radius 1 is 0.438 bits per heavy atom. The van der Waals surface area contributed by atoms with Gasteiger partial charge in [-0.3, -0.25) is 0 Å². The van der Waals surface area contributed by atoms with Crippen LogP contribution in [0.4, 0.5) is 0 Å². The fourth-order valence-corrected chi connectivity index (χ4v) is 18.0. The minimum atomic E-state index is -1.63. The SMILES string of the molecule is CC(C)[CH2][Ge]([CH2]C(C)C)[CH2]C(C)C.c1cc[c]([Ge]([c]2ccccc2)[c]2ccccc2)cc1. The van der Waals surface area contributed by atoms with E-state index in [0.717, 1.165) is 17.8 Å². The third-order valence-electron chi connectivity index (χ3n) is 5.28. The van der Waals surface area contributed by atoms with E-state index in [1.807, 2.05) is 0 Å². The van der Waals surface area contributed by atoms with Gasteiger partial charge >= 0.3 is 208 Å². The van der Waals surface area contributed by atoms with Gasteiger partial charge < -0.3 is 0 Å². The van der Waals surface area contributed by atoms with E-state index in [1.54, 1.807) is 15.8 Å². The molecule has 2 radical (unpaired) electrons. The molecule has 0 saturated carbocycles. The summed E-state index contributed by atoms with van der Waals surface area (Å²) in [5.41, 5.74) is 0. The monoisotopic (exact) mass is 550 g/mol. The average Bonchev–Trinajstić information content (AvgIpc) is 2.75. The van der Waals surface area contributed by atoms with E-state index in [4.69, 9.17) is 0 Å². The van der Waals surface area contributed by atoms with Gasteiger partial charge in [0.2, 0.25) is 0 Å². The molecule has 32 heavy (non-hydrogen) atoms. The summed E-state index contributed by atoms with van der Waals surface area (Å²) >= 11 is -2.31. The van der Waals surface area contributed by atoms with Crippen molar-refractivity contribution < 1.29 is 0 Å². The van der Waals surface area contributed by atoms with Crippen LogP contribution in [0.5, 0.6) is 0 Å². The summed E-state index contributed by atoms with van der Waals surface area (Å²) < 4.78 is 4.50. The Balaban J connectivity index is 0.000000247. The van der Waals surface area contributed by atoms with Crippen LogP contribution >= 0.6 is 0 Å². The van der Waals surface area contributed by atoms with Crippen molar-refractivity contribution in [2.45, 2.75) is 57.3 Å². The van der Waals surface area contributed by atoms with E-state index in [2.05, 4.69) is 133 Å². The van der Waals surface area contributed by atoms with Crippen molar-refractivity contribution in [1.29, 1.82) is 0 Å². The third kappa shape index (κ3) is 10.1. The van der Waals surface area contributed by atoms with Gasteiger partial charge in [0.05, 0.1) is 0 Å². The van der Waals surface area contributed by atoms with E-state index in [-0.39, 0.29) is 0 Å². The Hall–Kier alpha value is -1.25. The van der Waals surface area contributed by atoms with Gasteiger partial charge in [-0.2, -0.15) is 0 Å². The first-order valence-electron chi connectivity index (χ1n) is 12.2. The van der Waals surface area contributed by atoms with E-state index < -0.39 is 28.7 Å². The van der Waals surface area contributed by atoms with Crippen molar-refractivity contribution in [3.05, 3.63) is 91.0 Å². The molecule has 0 atom stereocenters. The molecule has 3 aromatic carbocycles. The van der Waals surface area contributed by atoms with E-state index in [1.165, 1.54) is 13.2 Å². The molecule has 0 aliphatic rings. The van der Waals surface area contributed by atoms with Gasteiger partial charge in [-0.15, -0.1) is 0 Å². The van der Waals surface area contributed by atoms with Crippen LogP contribution in [0, 0.1) is 17.8 Å². The van der Waals surface area contributed by atoms with Crippen LogP contribution in [0.2, 0.25) is 15.8 Å². The van der Waals surface area contributed by atoms with E-state index in [0.29, 0.717) is 0 Å². The Morgan fingerprint density at radius 3 is 0.906 bits per heavy atom. The molecule has 0 heterocycles. The summed E-state index contributed by atoms with van der Waals surface area (Å²) in [7, 11) is 0. The third-order valence-corrected chi connectivity index (χ3v) is 19.8. The molecule has 3 rings (SSSR count). The molecular formula is C30H42Ge2. The summed E-state index contributed by atoms with van der Waals surface area (Å²) in [5, 5.41) is 4.74. The molecule has 0 nitrogen and oxygen atoms in total. The second-order valence-electron chi connectivity index (χ2n) is 10.0. The van der Waals surface area contributed by atoms with Crippen LogP contribution in [0.15, 0.2) is 91.0 Å². The fourth-order valence-electron chi connectivity index (χ4n) is 4.30. The van der Waals surface area contributed by atoms with Gasteiger partial charge in [0, 0.05) is 0 Å². The summed E-state index contributed by atoms with van der Waals surface area (Å²) in [6.45, 7) is 14.3. The molecular weight excluding hydrogens is 506 g/mol. The summed E-state index contributed by atoms with van der Waals surface area (Å²) in [4.78, 5) is 0. The topological polar surface area (TPSA) is 0 Å². The Bertz CT molecular complexity index is 724. The van der Waals surface area contributed by atoms with Crippen molar-refractivity contribution in [2.75, 3.05) is 0 Å². The minimum absolute atomic E-state index is 0.681. The number of hydrogen-bond donors (Lipinski definition) is 0. The van der Waals surface area contributed by atoms with Crippen LogP contribution in [0.25, 0.3) is 0 Å². The predicted octanol–water partition coefficient (Wildman–Crippen LogP) is 6.65. The van der Waals surface area contributed by atoms with Crippen LogP contribution in [-0.2, 0) is 0 Å². The van der Waals surface area contributed by atoms with Gasteiger partial charge in [-0.05, 0) is 0 Å². The molecule has 0 saturated heterocycles. The molecule has 170 valence electrons.